The van der Waals surface area contributed by atoms with Crippen molar-refractivity contribution in [2.75, 3.05) is 67.4 Å². The standard InChI is InChI=1S/C26H37FN7O7P.C14H21FN6O3.C13H17ClFN5O.H2/c1-7-33(6)21-19-22(31-25(28)30-21)34(14-29-19)24-26(5,27)20(35)18(40-24)13-38-42(37,41-17-11-9-8-10-12-17)32-16(4)23(36)39-15(2)3;1-4-20(3)10-8-11(19-13(16)18-10)21(6-17-8)12-14(2,15)9(23)7(5-22)24-12;1-4-7-6(2)13(3,15)11(21-7)20-5-17-8-9(14)18-12(16)19-10(8)20;/h8-12,14-16,18,20,24,35H,7,13H2,1-6H3,(H,32,37)(H2,28,30,31);6-7,9,12,22-23H,4-5H2,1-3H3,(H2,16,18,19);5-7,11H,4H2,1-3H3,(H2,16,18,19);1H/t16-,18+,20+,24+,26+,42?;7-,9-,12-,14-;6-,7-,11-,13-;/m011./s1. The van der Waals surface area contributed by atoms with Crippen LogP contribution in [0.2, 0.25) is 5.15 Å². The van der Waals surface area contributed by atoms with Crippen LogP contribution in [0.4, 0.5) is 42.7 Å². The van der Waals surface area contributed by atoms with Gasteiger partial charge in [-0.2, -0.15) is 35.0 Å². The number of fused-ring (bicyclic) bond motifs is 3. The van der Waals surface area contributed by atoms with Crippen molar-refractivity contribution in [2.45, 2.75) is 154 Å². The molecule has 87 heavy (non-hydrogen) atoms. The van der Waals surface area contributed by atoms with E-state index in [0.29, 0.717) is 52.6 Å². The second-order valence-electron chi connectivity index (χ2n) is 22.0. The smallest absolute Gasteiger partial charge is 0.459 e. The highest BCUT2D eigenvalue weighted by atomic mass is 35.5. The van der Waals surface area contributed by atoms with E-state index in [9.17, 15) is 24.7 Å². The lowest BCUT2D eigenvalue weighted by molar-refractivity contribution is -0.149. The number of aliphatic hydroxyl groups is 3. The first kappa shape index (κ1) is 66.1. The van der Waals surface area contributed by atoms with Crippen molar-refractivity contribution in [3.63, 3.8) is 0 Å². The highest BCUT2D eigenvalue weighted by Crippen LogP contribution is 2.50. The number of halogens is 4. The molecule has 0 radical (unpaired) electrons. The number of carbonyl (C=O) groups is 1. The molecular formula is C53H77ClF3N18O11P. The molecule has 14 atom stereocenters. The van der Waals surface area contributed by atoms with Crippen molar-refractivity contribution in [1.29, 1.82) is 0 Å². The maximum atomic E-state index is 16.1. The molecule has 6 aromatic heterocycles. The lowest BCUT2D eigenvalue weighted by atomic mass is 9.88. The number of anilines is 5. The largest absolute Gasteiger partial charge is 0.462 e. The van der Waals surface area contributed by atoms with Crippen LogP contribution in [0.5, 0.6) is 5.75 Å². The van der Waals surface area contributed by atoms with Crippen LogP contribution in [0.15, 0.2) is 49.3 Å². The summed E-state index contributed by atoms with van der Waals surface area (Å²) in [5, 5.41) is 32.9. The van der Waals surface area contributed by atoms with Crippen molar-refractivity contribution in [3.05, 3.63) is 54.5 Å². The van der Waals surface area contributed by atoms with Gasteiger partial charge in [0, 0.05) is 34.5 Å². The van der Waals surface area contributed by atoms with Crippen LogP contribution in [-0.4, -0.2) is 180 Å². The van der Waals surface area contributed by atoms with Crippen molar-refractivity contribution in [1.82, 2.24) is 63.6 Å². The second-order valence-corrected chi connectivity index (χ2v) is 24.1. The molecule has 29 nitrogen and oxygen atoms in total. The molecule has 478 valence electrons. The normalized spacial score (nSPS) is 28.1. The fourth-order valence-corrected chi connectivity index (χ4v) is 11.8. The summed E-state index contributed by atoms with van der Waals surface area (Å²) in [5.41, 5.74) is 13.4. The Kier molecular flexibility index (Phi) is 19.8. The zero-order valence-corrected chi connectivity index (χ0v) is 51.7. The number of alkyl halides is 3. The molecule has 10 N–H and O–H groups in total. The number of carbonyl (C=O) groups excluding carboxylic acids is 1. The number of imidazole rings is 3. The maximum Gasteiger partial charge on any atom is 0.459 e. The summed E-state index contributed by atoms with van der Waals surface area (Å²) in [6, 6.07) is 7.07. The van der Waals surface area contributed by atoms with Crippen molar-refractivity contribution in [2.24, 2.45) is 5.92 Å². The van der Waals surface area contributed by atoms with Crippen LogP contribution in [0.25, 0.3) is 33.5 Å². The maximum absolute atomic E-state index is 16.1. The van der Waals surface area contributed by atoms with E-state index in [4.69, 9.17) is 56.8 Å². The number of hydrogen-bond acceptors (Lipinski definition) is 25. The highest BCUT2D eigenvalue weighted by Gasteiger charge is 2.57. The number of ether oxygens (including phenoxy) is 4. The molecule has 34 heteroatoms. The first-order chi connectivity index (χ1) is 40.9. The molecule has 3 aliphatic heterocycles. The molecule has 7 aromatic rings. The fourth-order valence-electron chi connectivity index (χ4n) is 10.1. The number of aliphatic hydroxyl groups excluding tert-OH is 3. The van der Waals surface area contributed by atoms with E-state index < -0.39 is 99.2 Å². The fraction of sp³-hybridized carbons (Fsp3) is 0.585. The van der Waals surface area contributed by atoms with Crippen LogP contribution < -0.4 is 36.6 Å². The summed E-state index contributed by atoms with van der Waals surface area (Å²) in [7, 11) is -0.656. The third-order valence-corrected chi connectivity index (χ3v) is 17.3. The number of rotatable bonds is 18. The van der Waals surface area contributed by atoms with Crippen molar-refractivity contribution in [3.8, 4) is 5.75 Å². The van der Waals surface area contributed by atoms with Gasteiger partial charge in [-0.05, 0) is 73.9 Å². The van der Waals surface area contributed by atoms with Gasteiger partial charge in [-0.25, -0.2) is 32.7 Å². The van der Waals surface area contributed by atoms with E-state index in [1.807, 2.05) is 44.5 Å². The number of benzene rings is 1. The molecule has 0 saturated carbocycles. The van der Waals surface area contributed by atoms with Crippen LogP contribution >= 0.6 is 19.3 Å². The van der Waals surface area contributed by atoms with Crippen LogP contribution in [0, 0.1) is 5.92 Å². The summed E-state index contributed by atoms with van der Waals surface area (Å²) in [6.45, 7) is 16.6. The first-order valence-corrected chi connectivity index (χ1v) is 29.9. The molecule has 1 aromatic carbocycles. The minimum absolute atomic E-state index is 0. The molecule has 1 unspecified atom stereocenters. The molecule has 3 aliphatic rings. The summed E-state index contributed by atoms with van der Waals surface area (Å²) in [6.07, 6.45) is -4.57. The van der Waals surface area contributed by atoms with E-state index in [1.165, 1.54) is 55.8 Å². The van der Waals surface area contributed by atoms with Gasteiger partial charge in [0.1, 0.15) is 41.7 Å². The quantitative estimate of drug-likeness (QED) is 0.0303. The molecule has 0 spiro atoms. The Bertz CT molecular complexity index is 3600. The third kappa shape index (κ3) is 13.3. The van der Waals surface area contributed by atoms with Gasteiger partial charge < -0.3 is 65.8 Å². The molecule has 3 saturated heterocycles. The molecule has 3 fully saturated rings. The number of nitrogen functional groups attached to an aromatic ring is 3. The molecule has 0 bridgehead atoms. The Morgan fingerprint density at radius 3 is 1.62 bits per heavy atom. The topological polar surface area (TPSA) is 378 Å². The Morgan fingerprint density at radius 2 is 1.17 bits per heavy atom. The highest BCUT2D eigenvalue weighted by molar-refractivity contribution is 7.52. The van der Waals surface area contributed by atoms with E-state index >= 15 is 13.2 Å². The molecule has 0 aliphatic carbocycles. The van der Waals surface area contributed by atoms with Gasteiger partial charge in [0.15, 0.2) is 80.5 Å². The Labute approximate surface area is 505 Å². The number of nitrogens with one attached hydrogen (secondary N) is 1. The van der Waals surface area contributed by atoms with Gasteiger partial charge in [-0.3, -0.25) is 23.0 Å². The number of aromatic nitrogens is 12. The Balaban J connectivity index is 0.000000203. The molecular weight excluding hydrogens is 1190 g/mol. The van der Waals surface area contributed by atoms with E-state index in [-0.39, 0.29) is 47.8 Å². The second kappa shape index (κ2) is 26.1. The summed E-state index contributed by atoms with van der Waals surface area (Å²) in [4.78, 5) is 53.6. The van der Waals surface area contributed by atoms with Crippen LogP contribution in [0.3, 0.4) is 0 Å². The number of hydrogen-bond donors (Lipinski definition) is 7. The summed E-state index contributed by atoms with van der Waals surface area (Å²) < 4.78 is 98.0. The number of para-hydroxylation sites is 1. The zero-order valence-electron chi connectivity index (χ0n) is 50.1. The van der Waals surface area contributed by atoms with E-state index in [2.05, 4.69) is 49.9 Å². The van der Waals surface area contributed by atoms with Crippen molar-refractivity contribution < 1.29 is 67.3 Å². The molecule has 10 rings (SSSR count). The average molecular weight is 1270 g/mol. The van der Waals surface area contributed by atoms with E-state index in [1.54, 1.807) is 55.8 Å². The number of nitrogens with zero attached hydrogens (tertiary/aromatic N) is 14. The average Bonchev–Trinajstić information content (AvgIpc) is 1.77. The SMILES string of the molecule is CCN(C)c1nc(N)nc2c1ncn2[C@@H]1O[C@H](CO)[C@@H](O)[C@@]1(C)F.CCN(C)c1nc(N)nc2c1ncn2[C@@H]1O[C@H](COP(=O)(N[C@@H](C)C(=O)OC(C)C)Oc2ccccc2)[C@@H](O)[C@@]1(C)F.CC[C@H]1O[C@@H](n2cnc3c(Cl)nc(N)nc32)[C@](C)(F)[C@@H]1C.[HH]. The predicted molar refractivity (Wildman–Crippen MR) is 317 cm³/mol. The van der Waals surface area contributed by atoms with Gasteiger partial charge in [0.2, 0.25) is 17.8 Å². The minimum Gasteiger partial charge on any atom is -0.462 e. The lowest BCUT2D eigenvalue weighted by Crippen LogP contribution is -2.41. The van der Waals surface area contributed by atoms with Crippen molar-refractivity contribution >= 4 is 88.3 Å². The minimum atomic E-state index is -4.29. The first-order valence-electron chi connectivity index (χ1n) is 28.0. The molecule has 9 heterocycles. The third-order valence-electron chi connectivity index (χ3n) is 15.4. The Hall–Kier alpha value is -6.87. The number of esters is 1. The van der Waals surface area contributed by atoms with Gasteiger partial charge in [-0.1, -0.05) is 43.6 Å². The zero-order chi connectivity index (χ0) is 63.8. The van der Waals surface area contributed by atoms with Gasteiger partial charge >= 0.3 is 13.7 Å². The summed E-state index contributed by atoms with van der Waals surface area (Å²) >= 11 is 6.00. The van der Waals surface area contributed by atoms with E-state index in [0.717, 1.165) is 6.42 Å². The lowest BCUT2D eigenvalue weighted by Gasteiger charge is -2.25. The molecule has 0 amide bonds. The summed E-state index contributed by atoms with van der Waals surface area (Å²) in [5.74, 6) is 0.248. The van der Waals surface area contributed by atoms with Crippen LogP contribution in [-0.2, 0) is 32.8 Å². The number of nitrogens with two attached hydrogens (primary N) is 3. The van der Waals surface area contributed by atoms with Gasteiger partial charge in [0.05, 0.1) is 44.4 Å². The van der Waals surface area contributed by atoms with Gasteiger partial charge in [-0.15, -0.1) is 0 Å². The Morgan fingerprint density at radius 1 is 0.736 bits per heavy atom. The predicted octanol–water partition coefficient (Wildman–Crippen LogP) is 5.81. The van der Waals surface area contributed by atoms with Gasteiger partial charge in [0.25, 0.3) is 0 Å². The monoisotopic (exact) mass is 1260 g/mol. The van der Waals surface area contributed by atoms with Crippen LogP contribution in [0.1, 0.15) is 95.8 Å².